The maximum atomic E-state index is 14.9. The van der Waals surface area contributed by atoms with Gasteiger partial charge in [-0.15, -0.1) is 0 Å². The summed E-state index contributed by atoms with van der Waals surface area (Å²) in [4.78, 5) is 43.6. The Hall–Kier alpha value is -5.43. The topological polar surface area (TPSA) is 92.0 Å². The molecular formula is C56H62O7. The van der Waals surface area contributed by atoms with Crippen LogP contribution in [0.15, 0.2) is 111 Å². The zero-order valence-electron chi connectivity index (χ0n) is 37.7. The van der Waals surface area contributed by atoms with Crippen molar-refractivity contribution in [3.63, 3.8) is 0 Å². The number of fused-ring (bicyclic) bond motifs is 15. The van der Waals surface area contributed by atoms with Crippen LogP contribution in [0, 0.1) is 11.8 Å². The summed E-state index contributed by atoms with van der Waals surface area (Å²) in [6.45, 7) is 10.1. The van der Waals surface area contributed by atoms with Crippen LogP contribution >= 0.6 is 0 Å². The van der Waals surface area contributed by atoms with Crippen molar-refractivity contribution in [1.82, 2.24) is 0 Å². The van der Waals surface area contributed by atoms with Crippen molar-refractivity contribution in [2.24, 2.45) is 11.8 Å². The van der Waals surface area contributed by atoms with Gasteiger partial charge in [0.15, 0.2) is 12.2 Å². The van der Waals surface area contributed by atoms with Crippen LogP contribution < -0.4 is 10.4 Å². The Bertz CT molecular complexity index is 2590. The van der Waals surface area contributed by atoms with Crippen LogP contribution in [0.5, 0.6) is 5.75 Å². The fraction of sp³-hybridized carbons (Fsp3) is 0.446. The summed E-state index contributed by atoms with van der Waals surface area (Å²) >= 11 is 0. The molecule has 4 heterocycles. The van der Waals surface area contributed by atoms with Crippen molar-refractivity contribution in [3.05, 3.63) is 157 Å². The van der Waals surface area contributed by atoms with E-state index in [2.05, 4.69) is 86.6 Å². The van der Waals surface area contributed by atoms with Gasteiger partial charge in [-0.3, -0.25) is 4.79 Å². The van der Waals surface area contributed by atoms with Crippen molar-refractivity contribution in [3.8, 4) is 5.75 Å². The molecule has 1 aromatic heterocycles. The van der Waals surface area contributed by atoms with E-state index in [4.69, 9.17) is 18.6 Å². The molecule has 4 aromatic carbocycles. The Morgan fingerprint density at radius 2 is 1.46 bits per heavy atom. The van der Waals surface area contributed by atoms with Gasteiger partial charge in [0.2, 0.25) is 0 Å². The standard InChI is InChI=1S/C56H62O7/c1-35(2)43-26-25-36-19-21-39(22-20-36)33-41(24-23-38-15-12-16-40(32-38)31-37-13-8-6-9-14-37)34-47(57)60-51-48-46(63-56(5,52(51)62-53(43)58)42-17-10-7-11-18-42)28-27-45-44-29-30-55(3,4)49(44)54(59)61-50(45)48/h6,8-9,12-16,19-22,27-28,32,41-42,51-52H,7,10-11,17-18,23-26,29-31,33-34H2,1-5H3. The first kappa shape index (κ1) is 42.9. The van der Waals surface area contributed by atoms with Crippen LogP contribution in [-0.2, 0) is 56.6 Å². The Morgan fingerprint density at radius 1 is 0.730 bits per heavy atom. The number of ether oxygens (including phenoxy) is 3. The molecule has 63 heavy (non-hydrogen) atoms. The van der Waals surface area contributed by atoms with E-state index in [1.165, 1.54) is 16.7 Å². The highest BCUT2D eigenvalue weighted by Gasteiger charge is 2.56. The summed E-state index contributed by atoms with van der Waals surface area (Å²) in [7, 11) is 0. The molecule has 0 spiro atoms. The molecule has 0 radical (unpaired) electrons. The number of aryl methyl sites for hydroxylation is 3. The van der Waals surface area contributed by atoms with E-state index < -0.39 is 23.8 Å². The van der Waals surface area contributed by atoms with Crippen LogP contribution in [0.4, 0.5) is 0 Å². The number of rotatable bonds is 6. The average Bonchev–Trinajstić information content (AvgIpc) is 3.60. The van der Waals surface area contributed by atoms with Gasteiger partial charge in [0.25, 0.3) is 0 Å². The Labute approximate surface area is 372 Å². The highest BCUT2D eigenvalue weighted by atomic mass is 16.6. The predicted octanol–water partition coefficient (Wildman–Crippen LogP) is 12.0. The lowest BCUT2D eigenvalue weighted by Crippen LogP contribution is -2.58. The van der Waals surface area contributed by atoms with Gasteiger partial charge in [-0.2, -0.15) is 0 Å². The molecule has 10 rings (SSSR count). The third-order valence-corrected chi connectivity index (χ3v) is 14.8. The number of hydrogen-bond donors (Lipinski definition) is 0. The van der Waals surface area contributed by atoms with Gasteiger partial charge in [-0.25, -0.2) is 9.59 Å². The maximum absolute atomic E-state index is 14.9. The molecule has 0 saturated heterocycles. The number of carbonyl (C=O) groups excluding carboxylic acids is 2. The Kier molecular flexibility index (Phi) is 12.0. The third-order valence-electron chi connectivity index (χ3n) is 14.8. The van der Waals surface area contributed by atoms with Crippen molar-refractivity contribution in [2.45, 2.75) is 148 Å². The van der Waals surface area contributed by atoms with E-state index in [0.717, 1.165) is 91.9 Å². The second kappa shape index (κ2) is 17.6. The molecule has 2 aliphatic carbocycles. The van der Waals surface area contributed by atoms with Gasteiger partial charge >= 0.3 is 17.6 Å². The third kappa shape index (κ3) is 8.77. The Balaban J connectivity index is 1.13. The summed E-state index contributed by atoms with van der Waals surface area (Å²) < 4.78 is 27.1. The summed E-state index contributed by atoms with van der Waals surface area (Å²) in [5.74, 6) is -0.311. The molecule has 7 nitrogen and oxygen atoms in total. The van der Waals surface area contributed by atoms with Crippen LogP contribution in [-0.4, -0.2) is 23.6 Å². The van der Waals surface area contributed by atoms with E-state index in [1.54, 1.807) is 0 Å². The molecule has 0 N–H and O–H groups in total. The fourth-order valence-corrected chi connectivity index (χ4v) is 11.2. The van der Waals surface area contributed by atoms with Crippen LogP contribution in [0.1, 0.15) is 143 Å². The summed E-state index contributed by atoms with van der Waals surface area (Å²) in [6.07, 6.45) is 8.96. The largest absolute Gasteiger partial charge is 0.483 e. The first-order valence-electron chi connectivity index (χ1n) is 23.4. The second-order valence-corrected chi connectivity index (χ2v) is 19.9. The van der Waals surface area contributed by atoms with Gasteiger partial charge in [0, 0.05) is 28.9 Å². The lowest BCUT2D eigenvalue weighted by Gasteiger charge is -2.50. The summed E-state index contributed by atoms with van der Waals surface area (Å²) in [6, 6.07) is 31.9. The van der Waals surface area contributed by atoms with Crippen molar-refractivity contribution in [1.29, 1.82) is 0 Å². The maximum Gasteiger partial charge on any atom is 0.340 e. The van der Waals surface area contributed by atoms with Crippen LogP contribution in [0.25, 0.3) is 11.0 Å². The van der Waals surface area contributed by atoms with Gasteiger partial charge < -0.3 is 18.6 Å². The molecular weight excluding hydrogens is 785 g/mol. The van der Waals surface area contributed by atoms with E-state index in [9.17, 15) is 14.4 Å². The van der Waals surface area contributed by atoms with E-state index in [0.29, 0.717) is 47.3 Å². The quantitative estimate of drug-likeness (QED) is 0.0954. The lowest BCUT2D eigenvalue weighted by atomic mass is 9.71. The summed E-state index contributed by atoms with van der Waals surface area (Å²) in [5, 5.41) is 0.812. The van der Waals surface area contributed by atoms with Crippen molar-refractivity contribution in [2.75, 3.05) is 0 Å². The molecule has 328 valence electrons. The minimum atomic E-state index is -1.07. The second-order valence-electron chi connectivity index (χ2n) is 19.9. The van der Waals surface area contributed by atoms with Crippen molar-refractivity contribution < 1.29 is 28.2 Å². The molecule has 2 bridgehead atoms. The smallest absolute Gasteiger partial charge is 0.340 e. The molecule has 0 amide bonds. The average molecular weight is 847 g/mol. The normalized spacial score (nSPS) is 23.9. The highest BCUT2D eigenvalue weighted by molar-refractivity contribution is 5.90. The van der Waals surface area contributed by atoms with E-state index in [1.807, 2.05) is 39.0 Å². The number of carbonyl (C=O) groups is 2. The lowest BCUT2D eigenvalue weighted by molar-refractivity contribution is -0.201. The SMILES string of the molecule is CC(C)=C1CCc2ccc(cc2)CC(CCc2cccc(Cc3ccccc3)c2)CC(=O)OC2c3c(ccc4c5c(c(=O)oc34)C(C)(C)CC5)OC(C)(C3CCCCC3)C2OC1=O. The highest BCUT2D eigenvalue weighted by Crippen LogP contribution is 2.53. The first-order chi connectivity index (χ1) is 30.4. The molecule has 5 aromatic rings. The fourth-order valence-electron chi connectivity index (χ4n) is 11.2. The molecule has 4 atom stereocenters. The number of benzene rings is 4. The molecule has 5 aliphatic rings. The predicted molar refractivity (Wildman–Crippen MR) is 247 cm³/mol. The monoisotopic (exact) mass is 846 g/mol. The van der Waals surface area contributed by atoms with Gasteiger partial charge in [0.1, 0.15) is 16.9 Å². The number of hydrogen-bond acceptors (Lipinski definition) is 7. The minimum Gasteiger partial charge on any atom is -0.483 e. The van der Waals surface area contributed by atoms with Gasteiger partial charge in [0.05, 0.1) is 5.56 Å². The molecule has 4 unspecified atom stereocenters. The summed E-state index contributed by atoms with van der Waals surface area (Å²) in [5.41, 5.74) is 8.29. The Morgan fingerprint density at radius 3 is 2.22 bits per heavy atom. The van der Waals surface area contributed by atoms with Crippen molar-refractivity contribution >= 4 is 22.9 Å². The first-order valence-corrected chi connectivity index (χ1v) is 23.4. The van der Waals surface area contributed by atoms with E-state index in [-0.39, 0.29) is 35.3 Å². The molecule has 7 heteroatoms. The number of allylic oxidation sites excluding steroid dienone is 1. The van der Waals surface area contributed by atoms with E-state index >= 15 is 0 Å². The van der Waals surface area contributed by atoms with Crippen LogP contribution in [0.2, 0.25) is 0 Å². The van der Waals surface area contributed by atoms with Gasteiger partial charge in [-0.05, 0) is 142 Å². The minimum absolute atomic E-state index is 0.0334. The molecule has 3 aliphatic heterocycles. The van der Waals surface area contributed by atoms with Crippen LogP contribution in [0.3, 0.4) is 0 Å². The molecule has 1 saturated carbocycles. The number of esters is 2. The van der Waals surface area contributed by atoms with Gasteiger partial charge in [-0.1, -0.05) is 118 Å². The zero-order valence-corrected chi connectivity index (χ0v) is 37.7. The zero-order chi connectivity index (χ0) is 43.9. The molecule has 1 fully saturated rings.